The van der Waals surface area contributed by atoms with Gasteiger partial charge in [0.15, 0.2) is 5.82 Å². The van der Waals surface area contributed by atoms with Crippen molar-refractivity contribution in [2.45, 2.75) is 43.3 Å². The lowest BCUT2D eigenvalue weighted by molar-refractivity contribution is -0.116. The van der Waals surface area contributed by atoms with Gasteiger partial charge < -0.3 is 4.90 Å². The highest BCUT2D eigenvalue weighted by Gasteiger charge is 2.27. The quantitative estimate of drug-likeness (QED) is 0.604. The normalized spacial score (nSPS) is 14.7. The molecule has 0 radical (unpaired) electrons. The number of nitrogens with zero attached hydrogens (tertiary/aromatic N) is 3. The van der Waals surface area contributed by atoms with Crippen molar-refractivity contribution < 1.29 is 4.79 Å². The standard InChI is InChI=1S/C22H24N4OS/c27-20(16-28-22-23-21(24-25-22)17-10-4-1-5-11-17)26(18-12-6-2-7-13-18)19-14-8-3-9-15-19/h1-2,4-7,10-13,19H,3,8-9,14-16H2,(H,23,24,25). The number of hydrogen-bond acceptors (Lipinski definition) is 4. The van der Waals surface area contributed by atoms with Gasteiger partial charge in [0, 0.05) is 17.3 Å². The Labute approximate surface area is 169 Å². The Hall–Kier alpha value is -2.60. The van der Waals surface area contributed by atoms with E-state index >= 15 is 0 Å². The number of benzene rings is 2. The maximum Gasteiger partial charge on any atom is 0.237 e. The van der Waals surface area contributed by atoms with Crippen LogP contribution in [0, 0.1) is 0 Å². The topological polar surface area (TPSA) is 61.9 Å². The molecule has 3 aromatic rings. The Balaban J connectivity index is 1.45. The highest BCUT2D eigenvalue weighted by atomic mass is 32.2. The van der Waals surface area contributed by atoms with E-state index in [0.717, 1.165) is 29.9 Å². The van der Waals surface area contributed by atoms with Gasteiger partial charge in [-0.25, -0.2) is 4.98 Å². The minimum absolute atomic E-state index is 0.120. The first-order valence-electron chi connectivity index (χ1n) is 9.79. The van der Waals surface area contributed by atoms with Crippen molar-refractivity contribution in [2.24, 2.45) is 0 Å². The summed E-state index contributed by atoms with van der Waals surface area (Å²) in [7, 11) is 0. The minimum atomic E-state index is 0.120. The number of H-pyrrole nitrogens is 1. The maximum atomic E-state index is 13.1. The molecule has 5 nitrogen and oxygen atoms in total. The van der Waals surface area contributed by atoms with E-state index in [1.54, 1.807) is 0 Å². The molecule has 6 heteroatoms. The van der Waals surface area contributed by atoms with E-state index in [1.807, 2.05) is 65.6 Å². The van der Waals surface area contributed by atoms with E-state index in [9.17, 15) is 4.79 Å². The van der Waals surface area contributed by atoms with Crippen molar-refractivity contribution in [1.29, 1.82) is 0 Å². The molecule has 1 aromatic heterocycles. The number of thioether (sulfide) groups is 1. The largest absolute Gasteiger partial charge is 0.309 e. The fourth-order valence-corrected chi connectivity index (χ4v) is 4.38. The number of amides is 1. The third kappa shape index (κ3) is 4.44. The summed E-state index contributed by atoms with van der Waals surface area (Å²) in [4.78, 5) is 19.7. The molecule has 1 fully saturated rings. The minimum Gasteiger partial charge on any atom is -0.309 e. The lowest BCUT2D eigenvalue weighted by atomic mass is 9.93. The molecular formula is C22H24N4OS. The molecule has 0 aliphatic heterocycles. The molecular weight excluding hydrogens is 368 g/mol. The average molecular weight is 393 g/mol. The van der Waals surface area contributed by atoms with Gasteiger partial charge in [-0.3, -0.25) is 9.89 Å². The van der Waals surface area contributed by atoms with Crippen molar-refractivity contribution >= 4 is 23.4 Å². The van der Waals surface area contributed by atoms with Gasteiger partial charge in [-0.05, 0) is 25.0 Å². The van der Waals surface area contributed by atoms with Gasteiger partial charge in [-0.15, -0.1) is 5.10 Å². The zero-order chi connectivity index (χ0) is 19.2. The van der Waals surface area contributed by atoms with Crippen molar-refractivity contribution in [2.75, 3.05) is 10.7 Å². The van der Waals surface area contributed by atoms with Gasteiger partial charge in [0.25, 0.3) is 0 Å². The number of aromatic nitrogens is 3. The maximum absolute atomic E-state index is 13.1. The van der Waals surface area contributed by atoms with Crippen LogP contribution in [0.4, 0.5) is 5.69 Å². The van der Waals surface area contributed by atoms with E-state index in [4.69, 9.17) is 0 Å². The van der Waals surface area contributed by atoms with E-state index in [0.29, 0.717) is 10.9 Å². The van der Waals surface area contributed by atoms with Crippen LogP contribution >= 0.6 is 11.8 Å². The molecule has 4 rings (SSSR count). The monoisotopic (exact) mass is 392 g/mol. The number of carbonyl (C=O) groups excluding carboxylic acids is 1. The molecule has 0 unspecified atom stereocenters. The first-order valence-corrected chi connectivity index (χ1v) is 10.8. The number of nitrogens with one attached hydrogen (secondary N) is 1. The van der Waals surface area contributed by atoms with Gasteiger partial charge >= 0.3 is 0 Å². The molecule has 28 heavy (non-hydrogen) atoms. The number of anilines is 1. The molecule has 0 saturated heterocycles. The lowest BCUT2D eigenvalue weighted by Crippen LogP contribution is -2.42. The molecule has 0 spiro atoms. The molecule has 1 heterocycles. The molecule has 1 N–H and O–H groups in total. The Morgan fingerprint density at radius 2 is 1.68 bits per heavy atom. The van der Waals surface area contributed by atoms with Gasteiger partial charge in [0.1, 0.15) is 0 Å². The third-order valence-corrected chi connectivity index (χ3v) is 5.91. The number of rotatable bonds is 6. The van der Waals surface area contributed by atoms with Crippen molar-refractivity contribution in [1.82, 2.24) is 15.2 Å². The Kier molecular flexibility index (Phi) is 6.07. The summed E-state index contributed by atoms with van der Waals surface area (Å²) >= 11 is 1.39. The van der Waals surface area contributed by atoms with Crippen LogP contribution in [0.5, 0.6) is 0 Å². The molecule has 1 saturated carbocycles. The van der Waals surface area contributed by atoms with Crippen LogP contribution in [0.25, 0.3) is 11.4 Å². The molecule has 144 valence electrons. The Morgan fingerprint density at radius 3 is 2.39 bits per heavy atom. The summed E-state index contributed by atoms with van der Waals surface area (Å²) in [5, 5.41) is 7.83. The van der Waals surface area contributed by atoms with Crippen LogP contribution in [0.15, 0.2) is 65.8 Å². The first kappa shape index (κ1) is 18.7. The zero-order valence-electron chi connectivity index (χ0n) is 15.8. The Bertz CT molecular complexity index is 891. The predicted molar refractivity (Wildman–Crippen MR) is 113 cm³/mol. The van der Waals surface area contributed by atoms with Crippen LogP contribution in [0.1, 0.15) is 32.1 Å². The molecule has 0 bridgehead atoms. The summed E-state index contributed by atoms with van der Waals surface area (Å²) in [5.41, 5.74) is 1.97. The van der Waals surface area contributed by atoms with E-state index in [1.165, 1.54) is 31.0 Å². The second-order valence-electron chi connectivity index (χ2n) is 7.01. The smallest absolute Gasteiger partial charge is 0.237 e. The van der Waals surface area contributed by atoms with Crippen LogP contribution in [-0.4, -0.2) is 32.9 Å². The molecule has 1 aliphatic rings. The third-order valence-electron chi connectivity index (χ3n) is 5.08. The van der Waals surface area contributed by atoms with E-state index < -0.39 is 0 Å². The fourth-order valence-electron chi connectivity index (χ4n) is 3.72. The van der Waals surface area contributed by atoms with Gasteiger partial charge in [0.05, 0.1) is 5.75 Å². The highest BCUT2D eigenvalue weighted by molar-refractivity contribution is 7.99. The van der Waals surface area contributed by atoms with Gasteiger partial charge in [-0.2, -0.15) is 0 Å². The number of hydrogen-bond donors (Lipinski definition) is 1. The van der Waals surface area contributed by atoms with E-state index in [-0.39, 0.29) is 11.9 Å². The Morgan fingerprint density at radius 1 is 1.00 bits per heavy atom. The van der Waals surface area contributed by atoms with Crippen LogP contribution in [0.3, 0.4) is 0 Å². The number of carbonyl (C=O) groups is 1. The van der Waals surface area contributed by atoms with Crippen LogP contribution < -0.4 is 4.90 Å². The molecule has 1 aliphatic carbocycles. The highest BCUT2D eigenvalue weighted by Crippen LogP contribution is 2.29. The SMILES string of the molecule is O=C(CSc1n[nH]c(-c2ccccc2)n1)N(c1ccccc1)C1CCCCC1. The summed E-state index contributed by atoms with van der Waals surface area (Å²) in [6.07, 6.45) is 5.79. The summed E-state index contributed by atoms with van der Waals surface area (Å²) in [6.45, 7) is 0. The van der Waals surface area contributed by atoms with Crippen LogP contribution in [0.2, 0.25) is 0 Å². The summed E-state index contributed by atoms with van der Waals surface area (Å²) < 4.78 is 0. The average Bonchev–Trinajstić information content (AvgIpc) is 3.24. The lowest BCUT2D eigenvalue weighted by Gasteiger charge is -2.34. The van der Waals surface area contributed by atoms with Crippen molar-refractivity contribution in [3.05, 3.63) is 60.7 Å². The predicted octanol–water partition coefficient (Wildman–Crippen LogP) is 4.93. The van der Waals surface area contributed by atoms with Crippen molar-refractivity contribution in [3.63, 3.8) is 0 Å². The van der Waals surface area contributed by atoms with E-state index in [2.05, 4.69) is 15.2 Å². The first-order chi connectivity index (χ1) is 13.8. The van der Waals surface area contributed by atoms with Gasteiger partial charge in [0.2, 0.25) is 11.1 Å². The molecule has 1 amide bonds. The number of para-hydroxylation sites is 1. The second kappa shape index (κ2) is 9.06. The fraction of sp³-hybridized carbons (Fsp3) is 0.318. The summed E-state index contributed by atoms with van der Waals surface area (Å²) in [6, 6.07) is 20.2. The molecule has 2 aromatic carbocycles. The van der Waals surface area contributed by atoms with Crippen LogP contribution in [-0.2, 0) is 4.79 Å². The summed E-state index contributed by atoms with van der Waals surface area (Å²) in [5.74, 6) is 1.18. The zero-order valence-corrected chi connectivity index (χ0v) is 16.6. The molecule has 0 atom stereocenters. The van der Waals surface area contributed by atoms with Gasteiger partial charge in [-0.1, -0.05) is 79.6 Å². The van der Waals surface area contributed by atoms with Crippen molar-refractivity contribution in [3.8, 4) is 11.4 Å². The second-order valence-corrected chi connectivity index (χ2v) is 7.95. The number of aromatic amines is 1.